The monoisotopic (exact) mass is 460 g/mol. The molecule has 3 aromatic carbocycles. The van der Waals surface area contributed by atoms with Crippen LogP contribution in [0.5, 0.6) is 0 Å². The molecule has 0 saturated carbocycles. The number of thioether (sulfide) groups is 1. The topological polar surface area (TPSA) is 46.5 Å². The molecule has 0 aliphatic heterocycles. The predicted octanol–water partition coefficient (Wildman–Crippen LogP) is 7.00. The average molecular weight is 461 g/mol. The molecule has 5 rings (SSSR count). The van der Waals surface area contributed by atoms with Crippen LogP contribution in [0.2, 0.25) is 5.02 Å². The molecule has 0 atom stereocenters. The molecule has 2 aromatic heterocycles. The zero-order valence-electron chi connectivity index (χ0n) is 16.9. The van der Waals surface area contributed by atoms with Gasteiger partial charge in [-0.05, 0) is 60.2 Å². The molecule has 0 aliphatic carbocycles. The summed E-state index contributed by atoms with van der Waals surface area (Å²) in [7, 11) is 0. The number of para-hydroxylation sites is 2. The van der Waals surface area contributed by atoms with E-state index in [-0.39, 0.29) is 5.82 Å². The summed E-state index contributed by atoms with van der Waals surface area (Å²) in [4.78, 5) is 12.7. The van der Waals surface area contributed by atoms with E-state index in [1.165, 1.54) is 12.1 Å². The van der Waals surface area contributed by atoms with E-state index in [1.807, 2.05) is 66.9 Å². The van der Waals surface area contributed by atoms with Gasteiger partial charge in [0.05, 0.1) is 28.7 Å². The summed E-state index contributed by atoms with van der Waals surface area (Å²) in [6, 6.07) is 22.0. The Hall–Kier alpha value is -3.35. The minimum absolute atomic E-state index is 0.252. The molecule has 0 radical (unpaired) electrons. The van der Waals surface area contributed by atoms with Crippen LogP contribution in [-0.4, -0.2) is 19.5 Å². The van der Waals surface area contributed by atoms with Crippen molar-refractivity contribution in [3.05, 3.63) is 107 Å². The quantitative estimate of drug-likeness (QED) is 0.277. The van der Waals surface area contributed by atoms with E-state index in [1.54, 1.807) is 23.9 Å². The number of aromatic nitrogens is 4. The Balaban J connectivity index is 1.46. The van der Waals surface area contributed by atoms with Gasteiger partial charge in [-0.3, -0.25) is 4.57 Å². The van der Waals surface area contributed by atoms with Gasteiger partial charge < -0.3 is 4.98 Å². The largest absolute Gasteiger partial charge is 0.341 e. The Morgan fingerprint density at radius 3 is 2.53 bits per heavy atom. The molecule has 7 heteroatoms. The number of hydrogen-bond acceptors (Lipinski definition) is 3. The number of nitrogens with one attached hydrogen (secondary N) is 1. The number of rotatable bonds is 6. The van der Waals surface area contributed by atoms with E-state index < -0.39 is 0 Å². The SMILES string of the molecule is Fc1ccc(/C=C/c2cnc(SCc3nc4ccccc4[nH]3)n2-c2ccc(Cl)cc2)cc1. The fourth-order valence-electron chi connectivity index (χ4n) is 3.38. The summed E-state index contributed by atoms with van der Waals surface area (Å²) >= 11 is 7.70. The molecular formula is C25H18ClFN4S. The third-order valence-corrected chi connectivity index (χ3v) is 6.15. The number of halogens is 2. The van der Waals surface area contributed by atoms with Gasteiger partial charge in [-0.25, -0.2) is 14.4 Å². The second-order valence-electron chi connectivity index (χ2n) is 7.15. The van der Waals surface area contributed by atoms with E-state index in [9.17, 15) is 4.39 Å². The Kier molecular flexibility index (Phi) is 5.79. The minimum Gasteiger partial charge on any atom is -0.341 e. The van der Waals surface area contributed by atoms with Gasteiger partial charge in [-0.2, -0.15) is 0 Å². The highest BCUT2D eigenvalue weighted by Gasteiger charge is 2.13. The Labute approximate surface area is 193 Å². The molecule has 0 saturated heterocycles. The van der Waals surface area contributed by atoms with E-state index >= 15 is 0 Å². The summed E-state index contributed by atoms with van der Waals surface area (Å²) in [5.41, 5.74) is 4.74. The minimum atomic E-state index is -0.252. The Morgan fingerprint density at radius 1 is 0.969 bits per heavy atom. The fraction of sp³-hybridized carbons (Fsp3) is 0.0400. The lowest BCUT2D eigenvalue weighted by atomic mass is 10.2. The van der Waals surface area contributed by atoms with E-state index in [0.717, 1.165) is 39.0 Å². The van der Waals surface area contributed by atoms with Crippen LogP contribution in [0.25, 0.3) is 28.9 Å². The van der Waals surface area contributed by atoms with Crippen LogP contribution < -0.4 is 0 Å². The van der Waals surface area contributed by atoms with Crippen LogP contribution in [0.4, 0.5) is 4.39 Å². The van der Waals surface area contributed by atoms with E-state index in [0.29, 0.717) is 10.8 Å². The standard InChI is InChI=1S/C25H18ClFN4S/c26-18-8-13-20(14-9-18)31-21(12-7-17-5-10-19(27)11-6-17)15-28-25(31)32-16-24-29-22-3-1-2-4-23(22)30-24/h1-15H,16H2,(H,29,30)/b12-7+. The van der Waals surface area contributed by atoms with Gasteiger partial charge >= 0.3 is 0 Å². The van der Waals surface area contributed by atoms with Crippen LogP contribution in [0.1, 0.15) is 17.1 Å². The molecule has 1 N–H and O–H groups in total. The molecule has 0 amide bonds. The molecule has 0 unspecified atom stereocenters. The highest BCUT2D eigenvalue weighted by atomic mass is 35.5. The van der Waals surface area contributed by atoms with Crippen molar-refractivity contribution >= 4 is 46.5 Å². The maximum atomic E-state index is 13.2. The molecule has 0 spiro atoms. The van der Waals surface area contributed by atoms with Crippen molar-refractivity contribution in [1.29, 1.82) is 0 Å². The van der Waals surface area contributed by atoms with Crippen LogP contribution in [0.3, 0.4) is 0 Å². The second-order valence-corrected chi connectivity index (χ2v) is 8.53. The van der Waals surface area contributed by atoms with Gasteiger partial charge in [0.1, 0.15) is 11.6 Å². The zero-order chi connectivity index (χ0) is 21.9. The van der Waals surface area contributed by atoms with Gasteiger partial charge in [0.25, 0.3) is 0 Å². The molecule has 0 bridgehead atoms. The van der Waals surface area contributed by atoms with Crippen LogP contribution in [0.15, 0.2) is 84.1 Å². The lowest BCUT2D eigenvalue weighted by Gasteiger charge is -2.10. The molecule has 5 aromatic rings. The van der Waals surface area contributed by atoms with Crippen LogP contribution >= 0.6 is 23.4 Å². The van der Waals surface area contributed by atoms with E-state index in [4.69, 9.17) is 11.6 Å². The summed E-state index contributed by atoms with van der Waals surface area (Å²) in [5.74, 6) is 1.29. The maximum Gasteiger partial charge on any atom is 0.173 e. The summed E-state index contributed by atoms with van der Waals surface area (Å²) < 4.78 is 15.3. The van der Waals surface area contributed by atoms with Gasteiger partial charge in [-0.15, -0.1) is 0 Å². The second kappa shape index (κ2) is 9.02. The first kappa shape index (κ1) is 20.5. The predicted molar refractivity (Wildman–Crippen MR) is 130 cm³/mol. The maximum absolute atomic E-state index is 13.2. The van der Waals surface area contributed by atoms with Crippen molar-refractivity contribution in [2.45, 2.75) is 10.9 Å². The summed E-state index contributed by atoms with van der Waals surface area (Å²) in [6.07, 6.45) is 5.74. The van der Waals surface area contributed by atoms with E-state index in [2.05, 4.69) is 19.5 Å². The Morgan fingerprint density at radius 2 is 1.75 bits per heavy atom. The van der Waals surface area contributed by atoms with Crippen molar-refractivity contribution in [2.75, 3.05) is 0 Å². The Bertz CT molecular complexity index is 1360. The first-order valence-corrected chi connectivity index (χ1v) is 11.4. The number of benzene rings is 3. The van der Waals surface area contributed by atoms with Crippen molar-refractivity contribution in [3.63, 3.8) is 0 Å². The van der Waals surface area contributed by atoms with Crippen molar-refractivity contribution in [2.24, 2.45) is 0 Å². The molecule has 4 nitrogen and oxygen atoms in total. The lowest BCUT2D eigenvalue weighted by molar-refractivity contribution is 0.628. The third kappa shape index (κ3) is 4.47. The number of hydrogen-bond donors (Lipinski definition) is 1. The molecular weight excluding hydrogens is 443 g/mol. The highest BCUT2D eigenvalue weighted by Crippen LogP contribution is 2.28. The van der Waals surface area contributed by atoms with Crippen LogP contribution in [-0.2, 0) is 5.75 Å². The van der Waals surface area contributed by atoms with Gasteiger partial charge in [0.2, 0.25) is 0 Å². The number of H-pyrrole nitrogens is 1. The molecule has 0 aliphatic rings. The average Bonchev–Trinajstić information content (AvgIpc) is 3.41. The number of nitrogens with zero attached hydrogens (tertiary/aromatic N) is 3. The first-order chi connectivity index (χ1) is 15.7. The fourth-order valence-corrected chi connectivity index (χ4v) is 4.37. The number of fused-ring (bicyclic) bond motifs is 1. The molecule has 0 fully saturated rings. The van der Waals surface area contributed by atoms with Crippen LogP contribution in [0, 0.1) is 5.82 Å². The molecule has 158 valence electrons. The summed E-state index contributed by atoms with van der Waals surface area (Å²) in [5, 5.41) is 1.51. The lowest BCUT2D eigenvalue weighted by Crippen LogP contribution is -1.99. The molecule has 2 heterocycles. The smallest absolute Gasteiger partial charge is 0.173 e. The summed E-state index contributed by atoms with van der Waals surface area (Å²) in [6.45, 7) is 0. The number of aromatic amines is 1. The van der Waals surface area contributed by atoms with Gasteiger partial charge in [0, 0.05) is 10.7 Å². The normalized spacial score (nSPS) is 11.6. The first-order valence-electron chi connectivity index (χ1n) is 9.99. The van der Waals surface area contributed by atoms with Gasteiger partial charge in [0.15, 0.2) is 5.16 Å². The highest BCUT2D eigenvalue weighted by molar-refractivity contribution is 7.98. The van der Waals surface area contributed by atoms with Crippen molar-refractivity contribution in [1.82, 2.24) is 19.5 Å². The zero-order valence-corrected chi connectivity index (χ0v) is 18.4. The van der Waals surface area contributed by atoms with Gasteiger partial charge in [-0.1, -0.05) is 53.7 Å². The third-order valence-electron chi connectivity index (χ3n) is 4.93. The molecule has 32 heavy (non-hydrogen) atoms. The van der Waals surface area contributed by atoms with Crippen molar-refractivity contribution in [3.8, 4) is 5.69 Å². The number of imidazole rings is 2. The van der Waals surface area contributed by atoms with Crippen molar-refractivity contribution < 1.29 is 4.39 Å².